The van der Waals surface area contributed by atoms with E-state index in [0.717, 1.165) is 15.8 Å². The summed E-state index contributed by atoms with van der Waals surface area (Å²) < 4.78 is 12.7. The van der Waals surface area contributed by atoms with Gasteiger partial charge in [-0.2, -0.15) is 0 Å². The van der Waals surface area contributed by atoms with Crippen molar-refractivity contribution >= 4 is 15.9 Å². The van der Waals surface area contributed by atoms with Crippen LogP contribution in [0.2, 0.25) is 0 Å². The first-order chi connectivity index (χ1) is 11.1. The van der Waals surface area contributed by atoms with Crippen molar-refractivity contribution in [1.82, 2.24) is 0 Å². The van der Waals surface area contributed by atoms with E-state index in [9.17, 15) is 10.2 Å². The number of halogens is 1. The van der Waals surface area contributed by atoms with Crippen LogP contribution in [-0.4, -0.2) is 29.5 Å². The molecule has 0 amide bonds. The van der Waals surface area contributed by atoms with Gasteiger partial charge in [-0.15, -0.1) is 0 Å². The highest BCUT2D eigenvalue weighted by molar-refractivity contribution is 9.10. The van der Waals surface area contributed by atoms with Gasteiger partial charge in [-0.1, -0.05) is 22.0 Å². The Kier molecular flexibility index (Phi) is 4.75. The molecule has 122 valence electrons. The third-order valence-electron chi connectivity index (χ3n) is 3.90. The predicted octanol–water partition coefficient (Wildman–Crippen LogP) is 2.88. The molecular formula is C17H18BrNO4. The number of phenols is 2. The summed E-state index contributed by atoms with van der Waals surface area (Å²) in [5.74, 6) is 0.513. The number of hydrogen-bond acceptors (Lipinski definition) is 5. The van der Waals surface area contributed by atoms with Crippen LogP contribution in [0.15, 0.2) is 40.9 Å². The summed E-state index contributed by atoms with van der Waals surface area (Å²) in [6.45, 7) is 0.638. The molecule has 2 atom stereocenters. The number of nitrogens with two attached hydrogens (primary N) is 1. The normalized spacial score (nSPS) is 20.1. The molecule has 0 aromatic heterocycles. The molecule has 0 bridgehead atoms. The first kappa shape index (κ1) is 16.1. The number of rotatable bonds is 4. The summed E-state index contributed by atoms with van der Waals surface area (Å²) in [5.41, 5.74) is 7.28. The number of aromatic hydroxyl groups is 2. The number of phenolic OH excluding ortho intramolecular Hbond substituents is 2. The lowest BCUT2D eigenvalue weighted by atomic mass is 9.93. The third-order valence-corrected chi connectivity index (χ3v) is 4.43. The molecule has 2 aromatic carbocycles. The van der Waals surface area contributed by atoms with Crippen LogP contribution in [0.25, 0.3) is 0 Å². The van der Waals surface area contributed by atoms with E-state index < -0.39 is 0 Å². The maximum atomic E-state index is 10.1. The molecule has 0 saturated heterocycles. The quantitative estimate of drug-likeness (QED) is 0.711. The first-order valence-electron chi connectivity index (χ1n) is 7.36. The van der Waals surface area contributed by atoms with Gasteiger partial charge in [0.15, 0.2) is 11.5 Å². The van der Waals surface area contributed by atoms with Gasteiger partial charge in [0.2, 0.25) is 0 Å². The van der Waals surface area contributed by atoms with E-state index in [1.54, 1.807) is 6.07 Å². The lowest BCUT2D eigenvalue weighted by Crippen LogP contribution is -2.34. The fourth-order valence-electron chi connectivity index (χ4n) is 2.74. The van der Waals surface area contributed by atoms with Gasteiger partial charge in [0.25, 0.3) is 0 Å². The molecule has 0 aliphatic carbocycles. The van der Waals surface area contributed by atoms with Crippen LogP contribution in [0.3, 0.4) is 0 Å². The van der Waals surface area contributed by atoms with Crippen LogP contribution in [0, 0.1) is 0 Å². The van der Waals surface area contributed by atoms with Gasteiger partial charge < -0.3 is 25.4 Å². The second-order valence-electron chi connectivity index (χ2n) is 5.45. The van der Waals surface area contributed by atoms with Crippen LogP contribution < -0.4 is 10.5 Å². The van der Waals surface area contributed by atoms with Crippen LogP contribution in [0.1, 0.15) is 17.2 Å². The molecule has 1 heterocycles. The molecule has 6 heteroatoms. The molecule has 1 aliphatic rings. The van der Waals surface area contributed by atoms with Crippen molar-refractivity contribution in [3.63, 3.8) is 0 Å². The van der Waals surface area contributed by atoms with Crippen LogP contribution in [0.5, 0.6) is 17.2 Å². The lowest BCUT2D eigenvalue weighted by molar-refractivity contribution is -0.0422. The van der Waals surface area contributed by atoms with E-state index in [2.05, 4.69) is 15.9 Å². The summed E-state index contributed by atoms with van der Waals surface area (Å²) in [6.07, 6.45) is -0.0982. The third kappa shape index (κ3) is 3.44. The number of benzene rings is 2. The molecule has 5 nitrogen and oxygen atoms in total. The second kappa shape index (κ2) is 6.78. The zero-order valence-electron chi connectivity index (χ0n) is 12.4. The fraction of sp³-hybridized carbons (Fsp3) is 0.294. The van der Waals surface area contributed by atoms with Gasteiger partial charge in [-0.3, -0.25) is 0 Å². The van der Waals surface area contributed by atoms with Crippen LogP contribution in [0.4, 0.5) is 0 Å². The minimum atomic E-state index is -0.316. The Bertz CT molecular complexity index is 690. The standard InChI is InChI=1S/C17H18BrNO4/c18-10-1-3-11(4-2-10)22-9-12-7-14-13(16(8-19)23-12)5-6-15(20)17(14)21/h1-6,12,16,20-21H,7-9,19H2/t12-,16-/m0/s1. The second-order valence-corrected chi connectivity index (χ2v) is 6.37. The Morgan fingerprint density at radius 1 is 1.17 bits per heavy atom. The van der Waals surface area contributed by atoms with Gasteiger partial charge in [-0.25, -0.2) is 0 Å². The summed E-state index contributed by atoms with van der Waals surface area (Å²) in [4.78, 5) is 0. The largest absolute Gasteiger partial charge is 0.504 e. The van der Waals surface area contributed by atoms with Gasteiger partial charge in [-0.05, 0) is 35.9 Å². The van der Waals surface area contributed by atoms with E-state index >= 15 is 0 Å². The fourth-order valence-corrected chi connectivity index (χ4v) is 3.00. The molecule has 0 radical (unpaired) electrons. The molecule has 3 rings (SSSR count). The highest BCUT2D eigenvalue weighted by Crippen LogP contribution is 2.39. The highest BCUT2D eigenvalue weighted by atomic mass is 79.9. The van der Waals surface area contributed by atoms with Crippen molar-refractivity contribution in [2.45, 2.75) is 18.6 Å². The van der Waals surface area contributed by atoms with Gasteiger partial charge in [0, 0.05) is 23.0 Å². The summed E-state index contributed by atoms with van der Waals surface area (Å²) in [5, 5.41) is 19.8. The smallest absolute Gasteiger partial charge is 0.161 e. The van der Waals surface area contributed by atoms with Gasteiger partial charge >= 0.3 is 0 Å². The number of ether oxygens (including phenoxy) is 2. The molecule has 0 spiro atoms. The summed E-state index contributed by atoms with van der Waals surface area (Å²) >= 11 is 3.38. The van der Waals surface area contributed by atoms with Crippen molar-refractivity contribution in [3.05, 3.63) is 52.0 Å². The topological polar surface area (TPSA) is 84.9 Å². The summed E-state index contributed by atoms with van der Waals surface area (Å²) in [7, 11) is 0. The van der Waals surface area contributed by atoms with Crippen LogP contribution in [-0.2, 0) is 11.2 Å². The van der Waals surface area contributed by atoms with E-state index in [1.165, 1.54) is 6.07 Å². The van der Waals surface area contributed by atoms with Crippen molar-refractivity contribution in [2.24, 2.45) is 5.73 Å². The number of fused-ring (bicyclic) bond motifs is 1. The minimum absolute atomic E-state index is 0.0992. The Labute approximate surface area is 142 Å². The Morgan fingerprint density at radius 2 is 1.91 bits per heavy atom. The maximum Gasteiger partial charge on any atom is 0.161 e. The van der Waals surface area contributed by atoms with E-state index in [1.807, 2.05) is 24.3 Å². The molecule has 1 aliphatic heterocycles. The Balaban J connectivity index is 1.75. The highest BCUT2D eigenvalue weighted by Gasteiger charge is 2.30. The molecule has 4 N–H and O–H groups in total. The first-order valence-corrected chi connectivity index (χ1v) is 8.15. The molecule has 2 aromatic rings. The zero-order valence-corrected chi connectivity index (χ0v) is 14.0. The van der Waals surface area contributed by atoms with Gasteiger partial charge in [0.05, 0.1) is 12.2 Å². The molecule has 23 heavy (non-hydrogen) atoms. The molecule has 0 unspecified atom stereocenters. The predicted molar refractivity (Wildman–Crippen MR) is 89.8 cm³/mol. The van der Waals surface area contributed by atoms with E-state index in [-0.39, 0.29) is 23.7 Å². The van der Waals surface area contributed by atoms with Crippen molar-refractivity contribution in [3.8, 4) is 17.2 Å². The lowest BCUT2D eigenvalue weighted by Gasteiger charge is -2.32. The zero-order chi connectivity index (χ0) is 16.4. The number of hydrogen-bond donors (Lipinski definition) is 3. The van der Waals surface area contributed by atoms with Gasteiger partial charge in [0.1, 0.15) is 12.4 Å². The summed E-state index contributed by atoms with van der Waals surface area (Å²) in [6, 6.07) is 10.7. The molecule has 0 saturated carbocycles. The van der Waals surface area contributed by atoms with Crippen molar-refractivity contribution in [2.75, 3.05) is 13.2 Å². The Hall–Kier alpha value is -1.76. The van der Waals surface area contributed by atoms with Crippen molar-refractivity contribution < 1.29 is 19.7 Å². The average molecular weight is 380 g/mol. The maximum absolute atomic E-state index is 10.1. The molecular weight excluding hydrogens is 362 g/mol. The minimum Gasteiger partial charge on any atom is -0.504 e. The van der Waals surface area contributed by atoms with E-state index in [4.69, 9.17) is 15.2 Å². The Morgan fingerprint density at radius 3 is 2.61 bits per heavy atom. The van der Waals surface area contributed by atoms with Crippen molar-refractivity contribution in [1.29, 1.82) is 0 Å². The SMILES string of the molecule is NC[C@@H]1O[C@H](COc2ccc(Br)cc2)Cc2c1ccc(O)c2O. The average Bonchev–Trinajstić information content (AvgIpc) is 2.57. The molecule has 0 fully saturated rings. The monoisotopic (exact) mass is 379 g/mol. The van der Waals surface area contributed by atoms with E-state index in [0.29, 0.717) is 25.1 Å². The van der Waals surface area contributed by atoms with Crippen LogP contribution >= 0.6 is 15.9 Å².